The van der Waals surface area contributed by atoms with E-state index < -0.39 is 6.04 Å². The molecule has 1 aliphatic heterocycles. The van der Waals surface area contributed by atoms with Crippen molar-refractivity contribution in [1.82, 2.24) is 10.6 Å². The van der Waals surface area contributed by atoms with Crippen LogP contribution in [0.1, 0.15) is 39.7 Å². The Morgan fingerprint density at radius 1 is 1.17 bits per heavy atom. The van der Waals surface area contributed by atoms with Crippen molar-refractivity contribution >= 4 is 17.6 Å². The van der Waals surface area contributed by atoms with Crippen LogP contribution in [0.5, 0.6) is 0 Å². The molecule has 24 heavy (non-hydrogen) atoms. The van der Waals surface area contributed by atoms with E-state index in [4.69, 9.17) is 0 Å². The monoisotopic (exact) mass is 331 g/mol. The zero-order chi connectivity index (χ0) is 17.7. The van der Waals surface area contributed by atoms with Gasteiger partial charge >= 0.3 is 6.03 Å². The highest BCUT2D eigenvalue weighted by atomic mass is 16.2. The highest BCUT2D eigenvalue weighted by Gasteiger charge is 2.32. The number of nitrogens with one attached hydrogen (secondary N) is 2. The summed E-state index contributed by atoms with van der Waals surface area (Å²) in [6.45, 7) is 9.45. The number of carbonyl (C=O) groups is 2. The SMILES string of the molecule is CC(C)CCNC(=O)NC(C(=O)N1CCc2ccccc21)C(C)C. The molecule has 2 rings (SSSR count). The molecule has 0 bridgehead atoms. The van der Waals surface area contributed by atoms with Crippen LogP contribution in [0.2, 0.25) is 0 Å². The number of urea groups is 1. The van der Waals surface area contributed by atoms with Crippen molar-refractivity contribution in [3.05, 3.63) is 29.8 Å². The van der Waals surface area contributed by atoms with E-state index in [1.54, 1.807) is 4.90 Å². The predicted molar refractivity (Wildman–Crippen MR) is 97.1 cm³/mol. The Kier molecular flexibility index (Phi) is 6.23. The number of hydrogen-bond donors (Lipinski definition) is 2. The van der Waals surface area contributed by atoms with Crippen LogP contribution in [0.15, 0.2) is 24.3 Å². The molecule has 1 aromatic rings. The van der Waals surface area contributed by atoms with Gasteiger partial charge in [-0.05, 0) is 36.3 Å². The Balaban J connectivity index is 2.00. The third-order valence-electron chi connectivity index (χ3n) is 4.38. The van der Waals surface area contributed by atoms with E-state index >= 15 is 0 Å². The normalized spacial score (nSPS) is 14.7. The predicted octanol–water partition coefficient (Wildman–Crippen LogP) is 2.95. The number of anilines is 1. The average Bonchev–Trinajstić information content (AvgIpc) is 2.95. The van der Waals surface area contributed by atoms with E-state index in [9.17, 15) is 9.59 Å². The maximum Gasteiger partial charge on any atom is 0.315 e. The third-order valence-corrected chi connectivity index (χ3v) is 4.38. The van der Waals surface area contributed by atoms with Crippen molar-refractivity contribution in [2.75, 3.05) is 18.0 Å². The van der Waals surface area contributed by atoms with Gasteiger partial charge in [-0.2, -0.15) is 0 Å². The highest BCUT2D eigenvalue weighted by molar-refractivity contribution is 6.00. The van der Waals surface area contributed by atoms with Crippen LogP contribution in [0.25, 0.3) is 0 Å². The molecular formula is C19H29N3O2. The largest absolute Gasteiger partial charge is 0.338 e. The van der Waals surface area contributed by atoms with Crippen LogP contribution < -0.4 is 15.5 Å². The molecule has 1 aromatic carbocycles. The molecule has 0 saturated carbocycles. The van der Waals surface area contributed by atoms with Gasteiger partial charge in [0.05, 0.1) is 0 Å². The minimum Gasteiger partial charge on any atom is -0.338 e. The lowest BCUT2D eigenvalue weighted by Gasteiger charge is -2.27. The molecule has 132 valence electrons. The summed E-state index contributed by atoms with van der Waals surface area (Å²) in [7, 11) is 0. The fourth-order valence-electron chi connectivity index (χ4n) is 2.92. The van der Waals surface area contributed by atoms with Gasteiger partial charge in [-0.3, -0.25) is 4.79 Å². The third kappa shape index (κ3) is 4.49. The summed E-state index contributed by atoms with van der Waals surface area (Å²) in [4.78, 5) is 26.9. The summed E-state index contributed by atoms with van der Waals surface area (Å²) in [5, 5.41) is 5.70. The van der Waals surface area contributed by atoms with Crippen LogP contribution in [0.4, 0.5) is 10.5 Å². The second-order valence-electron chi connectivity index (χ2n) is 7.17. The number of para-hydroxylation sites is 1. The molecule has 0 fully saturated rings. The lowest BCUT2D eigenvalue weighted by Crippen LogP contribution is -2.53. The molecule has 1 atom stereocenters. The Morgan fingerprint density at radius 3 is 2.54 bits per heavy atom. The number of carbonyl (C=O) groups excluding carboxylic acids is 2. The van der Waals surface area contributed by atoms with Gasteiger partial charge in [0.15, 0.2) is 0 Å². The van der Waals surface area contributed by atoms with Gasteiger partial charge < -0.3 is 15.5 Å². The molecule has 1 aliphatic rings. The Bertz CT molecular complexity index is 584. The van der Waals surface area contributed by atoms with E-state index in [0.29, 0.717) is 19.0 Å². The van der Waals surface area contributed by atoms with E-state index in [-0.39, 0.29) is 17.9 Å². The van der Waals surface area contributed by atoms with E-state index in [0.717, 1.165) is 18.5 Å². The first-order valence-corrected chi connectivity index (χ1v) is 8.83. The van der Waals surface area contributed by atoms with Crippen molar-refractivity contribution in [2.45, 2.75) is 46.6 Å². The van der Waals surface area contributed by atoms with Crippen molar-refractivity contribution < 1.29 is 9.59 Å². The molecule has 1 unspecified atom stereocenters. The number of fused-ring (bicyclic) bond motifs is 1. The molecule has 0 aliphatic carbocycles. The molecule has 2 N–H and O–H groups in total. The topological polar surface area (TPSA) is 61.4 Å². The molecule has 0 aromatic heterocycles. The Hall–Kier alpha value is -2.04. The number of rotatable bonds is 6. The smallest absolute Gasteiger partial charge is 0.315 e. The lowest BCUT2D eigenvalue weighted by atomic mass is 10.0. The summed E-state index contributed by atoms with van der Waals surface area (Å²) in [6.07, 6.45) is 1.79. The zero-order valence-corrected chi connectivity index (χ0v) is 15.1. The van der Waals surface area contributed by atoms with Crippen LogP contribution in [0, 0.1) is 11.8 Å². The molecular weight excluding hydrogens is 302 g/mol. The van der Waals surface area contributed by atoms with E-state index in [1.165, 1.54) is 5.56 Å². The second-order valence-corrected chi connectivity index (χ2v) is 7.17. The van der Waals surface area contributed by atoms with Gasteiger partial charge in [-0.1, -0.05) is 45.9 Å². The maximum atomic E-state index is 13.0. The fraction of sp³-hybridized carbons (Fsp3) is 0.579. The summed E-state index contributed by atoms with van der Waals surface area (Å²) in [5.41, 5.74) is 2.16. The van der Waals surface area contributed by atoms with E-state index in [1.807, 2.05) is 32.0 Å². The number of nitrogens with zero attached hydrogens (tertiary/aromatic N) is 1. The molecule has 0 radical (unpaired) electrons. The number of benzene rings is 1. The highest BCUT2D eigenvalue weighted by Crippen LogP contribution is 2.28. The Labute approximate surface area is 144 Å². The van der Waals surface area contributed by atoms with Gasteiger partial charge in [0.1, 0.15) is 6.04 Å². The van der Waals surface area contributed by atoms with Crippen molar-refractivity contribution in [2.24, 2.45) is 11.8 Å². The van der Waals surface area contributed by atoms with Gasteiger partial charge in [-0.25, -0.2) is 4.79 Å². The molecule has 5 heteroatoms. The van der Waals surface area contributed by atoms with Crippen molar-refractivity contribution in [3.8, 4) is 0 Å². The lowest BCUT2D eigenvalue weighted by molar-refractivity contribution is -0.121. The summed E-state index contributed by atoms with van der Waals surface area (Å²) in [5.74, 6) is 0.531. The van der Waals surface area contributed by atoms with Gasteiger partial charge in [0, 0.05) is 18.8 Å². The van der Waals surface area contributed by atoms with Crippen LogP contribution in [-0.2, 0) is 11.2 Å². The first kappa shape index (κ1) is 18.3. The standard InChI is InChI=1S/C19H29N3O2/c1-13(2)9-11-20-19(24)21-17(14(3)4)18(23)22-12-10-15-7-5-6-8-16(15)22/h5-8,13-14,17H,9-12H2,1-4H3,(H2,20,21,24). The quantitative estimate of drug-likeness (QED) is 0.842. The van der Waals surface area contributed by atoms with Crippen LogP contribution in [-0.4, -0.2) is 31.1 Å². The molecule has 1 heterocycles. The minimum absolute atomic E-state index is 0.0288. The fourth-order valence-corrected chi connectivity index (χ4v) is 2.92. The van der Waals surface area contributed by atoms with E-state index in [2.05, 4.69) is 30.5 Å². The van der Waals surface area contributed by atoms with Gasteiger partial charge in [0.2, 0.25) is 5.91 Å². The zero-order valence-electron chi connectivity index (χ0n) is 15.1. The number of amides is 3. The molecule has 5 nitrogen and oxygen atoms in total. The summed E-state index contributed by atoms with van der Waals surface area (Å²) in [6, 6.07) is 7.18. The average molecular weight is 331 g/mol. The van der Waals surface area contributed by atoms with Crippen LogP contribution >= 0.6 is 0 Å². The maximum absolute atomic E-state index is 13.0. The summed E-state index contributed by atoms with van der Waals surface area (Å²) >= 11 is 0. The van der Waals surface area contributed by atoms with Crippen molar-refractivity contribution in [1.29, 1.82) is 0 Å². The summed E-state index contributed by atoms with van der Waals surface area (Å²) < 4.78 is 0. The second kappa shape index (κ2) is 8.18. The molecule has 0 saturated heterocycles. The minimum atomic E-state index is -0.518. The molecule has 0 spiro atoms. The first-order chi connectivity index (χ1) is 11.4. The first-order valence-electron chi connectivity index (χ1n) is 8.83. The Morgan fingerprint density at radius 2 is 1.88 bits per heavy atom. The van der Waals surface area contributed by atoms with Gasteiger partial charge in [-0.15, -0.1) is 0 Å². The molecule has 3 amide bonds. The van der Waals surface area contributed by atoms with Gasteiger partial charge in [0.25, 0.3) is 0 Å². The van der Waals surface area contributed by atoms with Crippen molar-refractivity contribution in [3.63, 3.8) is 0 Å². The number of hydrogen-bond acceptors (Lipinski definition) is 2. The van der Waals surface area contributed by atoms with Crippen LogP contribution in [0.3, 0.4) is 0 Å².